The van der Waals surface area contributed by atoms with Crippen LogP contribution in [0, 0.1) is 0 Å². The second kappa shape index (κ2) is 8.33. The maximum Gasteiger partial charge on any atom is 0.417 e. The molecule has 2 heterocycles. The summed E-state index contributed by atoms with van der Waals surface area (Å²) >= 11 is 5.64. The van der Waals surface area contributed by atoms with Crippen LogP contribution in [-0.4, -0.2) is 46.7 Å². The van der Waals surface area contributed by atoms with Crippen LogP contribution in [-0.2, 0) is 30.1 Å². The Kier molecular flexibility index (Phi) is 6.37. The Bertz CT molecular complexity index is 768. The van der Waals surface area contributed by atoms with Gasteiger partial charge in [-0.05, 0) is 6.07 Å². The third kappa shape index (κ3) is 5.64. The Hall–Kier alpha value is -2.69. The van der Waals surface area contributed by atoms with E-state index in [1.165, 1.54) is 0 Å². The molecule has 1 aromatic rings. The molecule has 0 saturated carbocycles. The fourth-order valence-electron chi connectivity index (χ4n) is 2.15. The highest BCUT2D eigenvalue weighted by molar-refractivity contribution is 6.33. The molecule has 3 amide bonds. The zero-order valence-electron chi connectivity index (χ0n) is 13.6. The monoisotopic (exact) mass is 407 g/mol. The number of esters is 1. The number of likely N-dealkylation sites (tertiary alicyclic amines) is 1. The van der Waals surface area contributed by atoms with Crippen molar-refractivity contribution in [2.24, 2.45) is 0 Å². The van der Waals surface area contributed by atoms with E-state index in [0.717, 1.165) is 4.90 Å². The second-order valence-corrected chi connectivity index (χ2v) is 5.86. The molecule has 0 aromatic carbocycles. The molecule has 0 spiro atoms. The number of nitrogens with one attached hydrogen (secondary N) is 1. The Labute approximate surface area is 155 Å². The van der Waals surface area contributed by atoms with Crippen LogP contribution in [0.2, 0.25) is 5.02 Å². The quantitative estimate of drug-likeness (QED) is 0.569. The summed E-state index contributed by atoms with van der Waals surface area (Å²) in [5.41, 5.74) is -1.08. The molecule has 0 radical (unpaired) electrons. The van der Waals surface area contributed by atoms with Crippen LogP contribution in [0.15, 0.2) is 12.3 Å². The van der Waals surface area contributed by atoms with Crippen LogP contribution >= 0.6 is 11.6 Å². The van der Waals surface area contributed by atoms with E-state index >= 15 is 0 Å². The lowest BCUT2D eigenvalue weighted by molar-refractivity contribution is -0.148. The van der Waals surface area contributed by atoms with Gasteiger partial charge in [-0.15, -0.1) is 0 Å². The van der Waals surface area contributed by atoms with Gasteiger partial charge < -0.3 is 10.1 Å². The van der Waals surface area contributed by atoms with Crippen LogP contribution in [0.4, 0.5) is 19.0 Å². The first-order chi connectivity index (χ1) is 12.6. The Morgan fingerprint density at radius 1 is 1.26 bits per heavy atom. The predicted molar refractivity (Wildman–Crippen MR) is 84.4 cm³/mol. The van der Waals surface area contributed by atoms with E-state index in [0.29, 0.717) is 12.3 Å². The number of rotatable bonds is 6. The van der Waals surface area contributed by atoms with E-state index in [-0.39, 0.29) is 43.4 Å². The average Bonchev–Trinajstić information content (AvgIpc) is 2.90. The fourth-order valence-corrected chi connectivity index (χ4v) is 2.36. The average molecular weight is 408 g/mol. The number of imide groups is 1. The molecule has 0 atom stereocenters. The largest absolute Gasteiger partial charge is 0.456 e. The summed E-state index contributed by atoms with van der Waals surface area (Å²) in [5, 5.41) is 1.68. The minimum atomic E-state index is -4.63. The molecular formula is C15H13ClF3N3O5. The lowest BCUT2D eigenvalue weighted by atomic mass is 10.3. The van der Waals surface area contributed by atoms with Gasteiger partial charge in [-0.1, -0.05) is 11.6 Å². The van der Waals surface area contributed by atoms with Crippen molar-refractivity contribution in [2.45, 2.75) is 25.4 Å². The van der Waals surface area contributed by atoms with Crippen molar-refractivity contribution in [1.29, 1.82) is 0 Å². The summed E-state index contributed by atoms with van der Waals surface area (Å²) in [5.74, 6) is -2.78. The first kappa shape index (κ1) is 20.6. The minimum Gasteiger partial charge on any atom is -0.456 e. The van der Waals surface area contributed by atoms with E-state index < -0.39 is 35.2 Å². The van der Waals surface area contributed by atoms with Crippen LogP contribution in [0.5, 0.6) is 0 Å². The number of carbonyl (C=O) groups is 4. The molecule has 1 saturated heterocycles. The zero-order chi connectivity index (χ0) is 20.2. The molecule has 1 fully saturated rings. The highest BCUT2D eigenvalue weighted by Gasteiger charge is 2.32. The smallest absolute Gasteiger partial charge is 0.417 e. The fraction of sp³-hybridized carbons (Fsp3) is 0.400. The van der Waals surface area contributed by atoms with E-state index in [1.54, 1.807) is 0 Å². The second-order valence-electron chi connectivity index (χ2n) is 5.45. The first-order valence-electron chi connectivity index (χ1n) is 7.59. The SMILES string of the molecule is O=C(COC(=O)CCN1C(=O)CCC1=O)Nc1ncc(C(F)(F)F)cc1Cl. The number of alkyl halides is 3. The Morgan fingerprint density at radius 3 is 2.44 bits per heavy atom. The molecule has 8 nitrogen and oxygen atoms in total. The van der Waals surface area contributed by atoms with Crippen molar-refractivity contribution in [3.63, 3.8) is 0 Å². The maximum atomic E-state index is 12.5. The summed E-state index contributed by atoms with van der Waals surface area (Å²) in [6.07, 6.45) is -4.23. The van der Waals surface area contributed by atoms with Crippen LogP contribution in [0.1, 0.15) is 24.8 Å². The van der Waals surface area contributed by atoms with E-state index in [2.05, 4.69) is 15.0 Å². The number of carbonyl (C=O) groups excluding carboxylic acids is 4. The van der Waals surface area contributed by atoms with E-state index in [1.807, 2.05) is 0 Å². The number of halogens is 4. The van der Waals surface area contributed by atoms with Gasteiger partial charge in [0.05, 0.1) is 17.0 Å². The minimum absolute atomic E-state index is 0.0944. The summed E-state index contributed by atoms with van der Waals surface area (Å²) in [4.78, 5) is 50.4. The molecule has 1 aromatic heterocycles. The lowest BCUT2D eigenvalue weighted by Gasteiger charge is -2.13. The molecular weight excluding hydrogens is 395 g/mol. The van der Waals surface area contributed by atoms with E-state index in [4.69, 9.17) is 11.6 Å². The molecule has 27 heavy (non-hydrogen) atoms. The number of amides is 3. The topological polar surface area (TPSA) is 106 Å². The molecule has 12 heteroatoms. The van der Waals surface area contributed by atoms with Crippen LogP contribution < -0.4 is 5.32 Å². The summed E-state index contributed by atoms with van der Waals surface area (Å²) in [7, 11) is 0. The summed E-state index contributed by atoms with van der Waals surface area (Å²) in [6, 6.07) is 0.597. The van der Waals surface area contributed by atoms with Crippen molar-refractivity contribution in [3.05, 3.63) is 22.8 Å². The highest BCUT2D eigenvalue weighted by atomic mass is 35.5. The highest BCUT2D eigenvalue weighted by Crippen LogP contribution is 2.32. The first-order valence-corrected chi connectivity index (χ1v) is 7.97. The number of hydrogen-bond acceptors (Lipinski definition) is 6. The van der Waals surface area contributed by atoms with Crippen LogP contribution in [0.3, 0.4) is 0 Å². The normalized spacial score (nSPS) is 14.4. The summed E-state index contributed by atoms with van der Waals surface area (Å²) < 4.78 is 42.2. The van der Waals surface area contributed by atoms with Gasteiger partial charge in [-0.2, -0.15) is 13.2 Å². The molecule has 0 unspecified atom stereocenters. The Balaban J connectivity index is 1.79. The van der Waals surface area contributed by atoms with Gasteiger partial charge >= 0.3 is 12.1 Å². The van der Waals surface area contributed by atoms with Crippen molar-refractivity contribution in [1.82, 2.24) is 9.88 Å². The van der Waals surface area contributed by atoms with Gasteiger partial charge in [0.15, 0.2) is 12.4 Å². The number of pyridine rings is 1. The van der Waals surface area contributed by atoms with Crippen molar-refractivity contribution < 1.29 is 37.1 Å². The molecule has 146 valence electrons. The van der Waals surface area contributed by atoms with Gasteiger partial charge in [0.1, 0.15) is 0 Å². The number of anilines is 1. The molecule has 1 aliphatic heterocycles. The number of aromatic nitrogens is 1. The van der Waals surface area contributed by atoms with Crippen molar-refractivity contribution >= 4 is 41.1 Å². The standard InChI is InChI=1S/C15H13ClF3N3O5/c16-9-5-8(15(17,18)19)6-20-14(9)21-10(23)7-27-13(26)3-4-22-11(24)1-2-12(22)25/h5-6H,1-4,7H2,(H,20,21,23). The molecule has 1 aliphatic rings. The molecule has 0 bridgehead atoms. The van der Waals surface area contributed by atoms with Crippen LogP contribution in [0.25, 0.3) is 0 Å². The number of nitrogens with zero attached hydrogens (tertiary/aromatic N) is 2. The summed E-state index contributed by atoms with van der Waals surface area (Å²) in [6.45, 7) is -0.885. The molecule has 2 rings (SSSR count). The van der Waals surface area contributed by atoms with Gasteiger partial charge in [0, 0.05) is 25.6 Å². The van der Waals surface area contributed by atoms with Crippen molar-refractivity contribution in [2.75, 3.05) is 18.5 Å². The lowest BCUT2D eigenvalue weighted by Crippen LogP contribution is -2.32. The van der Waals surface area contributed by atoms with Crippen molar-refractivity contribution in [3.8, 4) is 0 Å². The van der Waals surface area contributed by atoms with Gasteiger partial charge in [-0.25, -0.2) is 4.98 Å². The molecule has 1 N–H and O–H groups in total. The van der Waals surface area contributed by atoms with E-state index in [9.17, 15) is 32.3 Å². The zero-order valence-corrected chi connectivity index (χ0v) is 14.4. The third-order valence-corrected chi connectivity index (χ3v) is 3.77. The number of hydrogen-bond donors (Lipinski definition) is 1. The predicted octanol–water partition coefficient (Wildman–Crippen LogP) is 1.77. The van der Waals surface area contributed by atoms with Gasteiger partial charge in [0.25, 0.3) is 5.91 Å². The van der Waals surface area contributed by atoms with Gasteiger partial charge in [-0.3, -0.25) is 24.1 Å². The maximum absolute atomic E-state index is 12.5. The third-order valence-electron chi connectivity index (χ3n) is 3.48. The number of ether oxygens (including phenoxy) is 1. The Morgan fingerprint density at radius 2 is 1.89 bits per heavy atom. The molecule has 0 aliphatic carbocycles. The van der Waals surface area contributed by atoms with Gasteiger partial charge in [0.2, 0.25) is 11.8 Å².